The molecular weight excluding hydrogens is 386 g/mol. The normalized spacial score (nSPS) is 23.7. The molecule has 1 aromatic rings. The molecule has 4 rings (SSSR count). The number of hydrogen-bond acceptors (Lipinski definition) is 6. The van der Waals surface area contributed by atoms with Crippen LogP contribution in [0.2, 0.25) is 0 Å². The van der Waals surface area contributed by atoms with Gasteiger partial charge in [-0.15, -0.1) is 0 Å². The van der Waals surface area contributed by atoms with Crippen molar-refractivity contribution in [3.8, 4) is 0 Å². The second kappa shape index (κ2) is 7.60. The van der Waals surface area contributed by atoms with Crippen LogP contribution in [0.5, 0.6) is 0 Å². The molecule has 1 N–H and O–H groups in total. The summed E-state index contributed by atoms with van der Waals surface area (Å²) in [5, 5.41) is 2.17. The summed E-state index contributed by atoms with van der Waals surface area (Å²) in [5.74, 6) is -2.18. The monoisotopic (exact) mass is 406 g/mol. The number of amides is 4. The minimum atomic E-state index is -2.49. The molecule has 29 heavy (non-hydrogen) atoms. The summed E-state index contributed by atoms with van der Waals surface area (Å²) in [5.41, 5.74) is 1.10. The molecule has 0 saturated carbocycles. The van der Waals surface area contributed by atoms with Crippen LogP contribution < -0.4 is 5.32 Å². The molecule has 1 unspecified atom stereocenters. The van der Waals surface area contributed by atoms with E-state index in [2.05, 4.69) is 5.32 Å². The van der Waals surface area contributed by atoms with Gasteiger partial charge < -0.3 is 0 Å². The van der Waals surface area contributed by atoms with E-state index in [9.17, 15) is 28.0 Å². The number of piperazine rings is 1. The molecule has 1 atom stereocenters. The van der Waals surface area contributed by atoms with Crippen LogP contribution in [0, 0.1) is 0 Å². The Bertz CT molecular complexity index is 883. The summed E-state index contributed by atoms with van der Waals surface area (Å²) in [4.78, 5) is 53.4. The Balaban J connectivity index is 1.54. The minimum absolute atomic E-state index is 0.0606. The maximum atomic E-state index is 13.1. The minimum Gasteiger partial charge on any atom is -0.297 e. The third kappa shape index (κ3) is 3.53. The molecule has 4 amide bonds. The SMILES string of the molecule is O=C1CCC(N2C(=O)c3cccc(CN4CCN(C(F)F)CC4)c3C2=O)C(=O)N1. The van der Waals surface area contributed by atoms with Crippen LogP contribution >= 0.6 is 0 Å². The molecule has 1 aromatic carbocycles. The summed E-state index contributed by atoms with van der Waals surface area (Å²) < 4.78 is 25.6. The van der Waals surface area contributed by atoms with Crippen LogP contribution in [0.15, 0.2) is 18.2 Å². The average Bonchev–Trinajstić information content (AvgIpc) is 2.94. The van der Waals surface area contributed by atoms with Gasteiger partial charge in [-0.3, -0.25) is 34.3 Å². The van der Waals surface area contributed by atoms with E-state index < -0.39 is 36.2 Å². The molecule has 10 heteroatoms. The van der Waals surface area contributed by atoms with Gasteiger partial charge in [0.1, 0.15) is 6.04 Å². The molecule has 0 aliphatic carbocycles. The number of carbonyl (C=O) groups excluding carboxylic acids is 4. The highest BCUT2D eigenvalue weighted by atomic mass is 19.3. The number of piperidine rings is 1. The lowest BCUT2D eigenvalue weighted by Crippen LogP contribution is -2.54. The van der Waals surface area contributed by atoms with E-state index >= 15 is 0 Å². The zero-order valence-electron chi connectivity index (χ0n) is 15.6. The highest BCUT2D eigenvalue weighted by Crippen LogP contribution is 2.30. The van der Waals surface area contributed by atoms with E-state index in [0.717, 1.165) is 9.80 Å². The van der Waals surface area contributed by atoms with Crippen molar-refractivity contribution in [1.82, 2.24) is 20.0 Å². The zero-order valence-corrected chi connectivity index (χ0v) is 15.6. The van der Waals surface area contributed by atoms with Crippen molar-refractivity contribution in [1.29, 1.82) is 0 Å². The summed E-state index contributed by atoms with van der Waals surface area (Å²) in [6.07, 6.45) is 0.159. The van der Waals surface area contributed by atoms with Crippen molar-refractivity contribution in [2.75, 3.05) is 26.2 Å². The lowest BCUT2D eigenvalue weighted by molar-refractivity contribution is -0.136. The van der Waals surface area contributed by atoms with Gasteiger partial charge in [0.05, 0.1) is 11.1 Å². The number of hydrogen-bond donors (Lipinski definition) is 1. The average molecular weight is 406 g/mol. The Morgan fingerprint density at radius 2 is 1.76 bits per heavy atom. The Morgan fingerprint density at radius 3 is 2.41 bits per heavy atom. The van der Waals surface area contributed by atoms with Crippen molar-refractivity contribution in [3.63, 3.8) is 0 Å². The summed E-state index contributed by atoms with van der Waals surface area (Å²) in [7, 11) is 0. The van der Waals surface area contributed by atoms with E-state index in [1.165, 1.54) is 0 Å². The Labute approximate surface area is 165 Å². The molecular formula is C19H20F2N4O4. The van der Waals surface area contributed by atoms with E-state index in [0.29, 0.717) is 25.2 Å². The number of nitrogens with one attached hydrogen (secondary N) is 1. The van der Waals surface area contributed by atoms with Gasteiger partial charge >= 0.3 is 0 Å². The number of carbonyl (C=O) groups is 4. The van der Waals surface area contributed by atoms with Gasteiger partial charge in [0.15, 0.2) is 0 Å². The number of rotatable bonds is 4. The highest BCUT2D eigenvalue weighted by Gasteiger charge is 2.45. The van der Waals surface area contributed by atoms with Gasteiger partial charge in [0, 0.05) is 39.1 Å². The Hall–Kier alpha value is -2.72. The third-order valence-corrected chi connectivity index (χ3v) is 5.63. The molecule has 2 saturated heterocycles. The third-order valence-electron chi connectivity index (χ3n) is 5.63. The molecule has 3 aliphatic heterocycles. The van der Waals surface area contributed by atoms with Gasteiger partial charge in [-0.05, 0) is 18.1 Å². The van der Waals surface area contributed by atoms with E-state index in [1.54, 1.807) is 18.2 Å². The molecule has 0 aromatic heterocycles. The lowest BCUT2D eigenvalue weighted by atomic mass is 10.0. The van der Waals surface area contributed by atoms with Gasteiger partial charge in [0.25, 0.3) is 18.4 Å². The largest absolute Gasteiger partial charge is 0.297 e. The van der Waals surface area contributed by atoms with Crippen LogP contribution in [0.1, 0.15) is 39.1 Å². The number of fused-ring (bicyclic) bond motifs is 1. The predicted molar refractivity (Wildman–Crippen MR) is 96.0 cm³/mol. The summed E-state index contributed by atoms with van der Waals surface area (Å²) in [6.45, 7) is -0.841. The number of benzene rings is 1. The van der Waals surface area contributed by atoms with Gasteiger partial charge in [-0.25, -0.2) is 4.90 Å². The second-order valence-electron chi connectivity index (χ2n) is 7.38. The number of nitrogens with zero attached hydrogens (tertiary/aromatic N) is 3. The van der Waals surface area contributed by atoms with Crippen LogP contribution in [0.25, 0.3) is 0 Å². The van der Waals surface area contributed by atoms with Crippen molar-refractivity contribution in [2.45, 2.75) is 32.0 Å². The number of alkyl halides is 2. The molecule has 154 valence electrons. The van der Waals surface area contributed by atoms with Crippen molar-refractivity contribution in [3.05, 3.63) is 34.9 Å². The predicted octanol–water partition coefficient (Wildman–Crippen LogP) is 0.428. The fourth-order valence-corrected chi connectivity index (χ4v) is 4.07. The van der Waals surface area contributed by atoms with Gasteiger partial charge in [-0.2, -0.15) is 8.78 Å². The van der Waals surface area contributed by atoms with Crippen molar-refractivity contribution < 1.29 is 28.0 Å². The number of halogens is 2. The van der Waals surface area contributed by atoms with Crippen molar-refractivity contribution >= 4 is 23.6 Å². The number of imide groups is 2. The first kappa shape index (κ1) is 19.6. The fourth-order valence-electron chi connectivity index (χ4n) is 4.07. The van der Waals surface area contributed by atoms with Crippen LogP contribution in [0.3, 0.4) is 0 Å². The van der Waals surface area contributed by atoms with Gasteiger partial charge in [0.2, 0.25) is 11.8 Å². The maximum absolute atomic E-state index is 13.1. The highest BCUT2D eigenvalue weighted by molar-refractivity contribution is 6.24. The first-order valence-corrected chi connectivity index (χ1v) is 9.45. The topological polar surface area (TPSA) is 90.0 Å². The molecule has 3 heterocycles. The van der Waals surface area contributed by atoms with Crippen molar-refractivity contribution in [2.24, 2.45) is 0 Å². The lowest BCUT2D eigenvalue weighted by Gasteiger charge is -2.34. The van der Waals surface area contributed by atoms with Crippen LogP contribution in [-0.4, -0.2) is 77.1 Å². The molecule has 0 spiro atoms. The van der Waals surface area contributed by atoms with Crippen LogP contribution in [-0.2, 0) is 16.1 Å². The first-order valence-electron chi connectivity index (χ1n) is 9.45. The molecule has 3 aliphatic rings. The fraction of sp³-hybridized carbons (Fsp3) is 0.474. The standard InChI is InChI=1S/C19H20F2N4O4/c20-19(21)24-8-6-23(7-9-24)10-11-2-1-3-12-15(11)18(29)25(17(12)28)13-4-5-14(26)22-16(13)27/h1-3,13,19H,4-10H2,(H,22,26,27). The summed E-state index contributed by atoms with van der Waals surface area (Å²) >= 11 is 0. The van der Waals surface area contributed by atoms with E-state index in [1.807, 2.05) is 4.90 Å². The Morgan fingerprint density at radius 1 is 1.03 bits per heavy atom. The summed E-state index contributed by atoms with van der Waals surface area (Å²) in [6, 6.07) is 3.93. The second-order valence-corrected chi connectivity index (χ2v) is 7.38. The zero-order chi connectivity index (χ0) is 20.7. The molecule has 0 radical (unpaired) electrons. The quantitative estimate of drug-likeness (QED) is 0.576. The van der Waals surface area contributed by atoms with E-state index in [4.69, 9.17) is 0 Å². The van der Waals surface area contributed by atoms with E-state index in [-0.39, 0.29) is 37.1 Å². The maximum Gasteiger partial charge on any atom is 0.294 e. The van der Waals surface area contributed by atoms with Crippen LogP contribution in [0.4, 0.5) is 8.78 Å². The smallest absolute Gasteiger partial charge is 0.294 e. The molecule has 0 bridgehead atoms. The molecule has 8 nitrogen and oxygen atoms in total. The first-order chi connectivity index (χ1) is 13.9. The van der Waals surface area contributed by atoms with Gasteiger partial charge in [-0.1, -0.05) is 12.1 Å². The molecule has 2 fully saturated rings. The Kier molecular flexibility index (Phi) is 5.13.